The normalized spacial score (nSPS) is 11.8. The molecule has 0 saturated carbocycles. The highest BCUT2D eigenvalue weighted by molar-refractivity contribution is 5.96. The summed E-state index contributed by atoms with van der Waals surface area (Å²) in [5, 5.41) is 11.9. The predicted molar refractivity (Wildman–Crippen MR) is 93.3 cm³/mol. The highest BCUT2D eigenvalue weighted by atomic mass is 16.5. The summed E-state index contributed by atoms with van der Waals surface area (Å²) < 4.78 is 11.3. The van der Waals surface area contributed by atoms with E-state index in [9.17, 15) is 9.59 Å². The first-order chi connectivity index (χ1) is 12.0. The van der Waals surface area contributed by atoms with Crippen molar-refractivity contribution in [1.29, 1.82) is 0 Å². The number of aryl methyl sites for hydroxylation is 2. The summed E-state index contributed by atoms with van der Waals surface area (Å²) >= 11 is 0. The Hall–Kier alpha value is -2.76. The fourth-order valence-corrected chi connectivity index (χ4v) is 2.42. The Balaban J connectivity index is 2.00. The number of ether oxygens (including phenoxy) is 1. The van der Waals surface area contributed by atoms with Gasteiger partial charge >= 0.3 is 5.97 Å². The van der Waals surface area contributed by atoms with Crippen molar-refractivity contribution in [2.75, 3.05) is 6.54 Å². The van der Waals surface area contributed by atoms with Crippen LogP contribution in [0.15, 0.2) is 34.7 Å². The lowest BCUT2D eigenvalue weighted by Gasteiger charge is -2.19. The maximum atomic E-state index is 12.2. The van der Waals surface area contributed by atoms with E-state index in [4.69, 9.17) is 14.3 Å². The number of carboxylic acid groups (broad SMARTS) is 1. The molecule has 2 N–H and O–H groups in total. The van der Waals surface area contributed by atoms with Crippen LogP contribution in [0.25, 0.3) is 0 Å². The van der Waals surface area contributed by atoms with Gasteiger partial charge in [0.25, 0.3) is 5.91 Å². The van der Waals surface area contributed by atoms with Crippen LogP contribution in [0.5, 0.6) is 5.75 Å². The Bertz CT molecular complexity index is 750. The third-order valence-electron chi connectivity index (χ3n) is 3.92. The van der Waals surface area contributed by atoms with Crippen molar-refractivity contribution in [3.05, 3.63) is 53.0 Å². The number of para-hydroxylation sites is 1. The van der Waals surface area contributed by atoms with Crippen molar-refractivity contribution >= 4 is 11.9 Å². The van der Waals surface area contributed by atoms with Gasteiger partial charge in [-0.2, -0.15) is 0 Å². The zero-order chi connectivity index (χ0) is 18.4. The molecule has 1 amide bonds. The fraction of sp³-hybridized carbons (Fsp3) is 0.368. The van der Waals surface area contributed by atoms with Crippen LogP contribution >= 0.6 is 0 Å². The molecule has 2 rings (SSSR count). The number of rotatable bonds is 8. The van der Waals surface area contributed by atoms with Gasteiger partial charge in [-0.3, -0.25) is 4.79 Å². The zero-order valence-electron chi connectivity index (χ0n) is 14.7. The number of carbonyl (C=O) groups is 2. The Morgan fingerprint density at radius 3 is 2.56 bits per heavy atom. The van der Waals surface area contributed by atoms with Gasteiger partial charge in [-0.25, -0.2) is 4.79 Å². The van der Waals surface area contributed by atoms with Crippen molar-refractivity contribution < 1.29 is 23.8 Å². The maximum absolute atomic E-state index is 12.2. The number of amides is 1. The minimum atomic E-state index is -1.10. The van der Waals surface area contributed by atoms with E-state index in [0.717, 1.165) is 11.3 Å². The largest absolute Gasteiger partial charge is 0.488 e. The topological polar surface area (TPSA) is 88.8 Å². The first-order valence-electron chi connectivity index (χ1n) is 8.32. The van der Waals surface area contributed by atoms with Crippen LogP contribution in [0.1, 0.15) is 52.5 Å². The second kappa shape index (κ2) is 8.37. The lowest BCUT2D eigenvalue weighted by atomic mass is 10.2. The van der Waals surface area contributed by atoms with Crippen LogP contribution < -0.4 is 10.1 Å². The molecule has 25 heavy (non-hydrogen) atoms. The number of hydrogen-bond donors (Lipinski definition) is 2. The van der Waals surface area contributed by atoms with Crippen molar-refractivity contribution in [1.82, 2.24) is 5.32 Å². The van der Waals surface area contributed by atoms with E-state index in [1.165, 1.54) is 6.07 Å². The molecule has 0 spiro atoms. The minimum Gasteiger partial charge on any atom is -0.488 e. The first-order valence-corrected chi connectivity index (χ1v) is 8.32. The van der Waals surface area contributed by atoms with Gasteiger partial charge in [-0.05, 0) is 25.0 Å². The number of carboxylic acids is 1. The number of nitrogens with one attached hydrogen (secondary N) is 1. The van der Waals surface area contributed by atoms with E-state index in [0.29, 0.717) is 25.1 Å². The summed E-state index contributed by atoms with van der Waals surface area (Å²) in [4.78, 5) is 23.4. The van der Waals surface area contributed by atoms with E-state index in [1.54, 1.807) is 6.92 Å². The van der Waals surface area contributed by atoms with Crippen LogP contribution in [0.2, 0.25) is 0 Å². The van der Waals surface area contributed by atoms with Gasteiger partial charge in [0.2, 0.25) is 0 Å². The Labute approximate surface area is 146 Å². The Kier molecular flexibility index (Phi) is 6.22. The van der Waals surface area contributed by atoms with E-state index in [2.05, 4.69) is 5.32 Å². The quantitative estimate of drug-likeness (QED) is 0.765. The molecule has 1 unspecified atom stereocenters. The molecule has 6 nitrogen and oxygen atoms in total. The lowest BCUT2D eigenvalue weighted by Crippen LogP contribution is -2.35. The number of furan rings is 1. The molecule has 1 aromatic carbocycles. The monoisotopic (exact) mass is 345 g/mol. The number of carbonyl (C=O) groups excluding carboxylic acids is 1. The Morgan fingerprint density at radius 2 is 2.00 bits per heavy atom. The second-order valence-corrected chi connectivity index (χ2v) is 5.73. The molecule has 0 bridgehead atoms. The van der Waals surface area contributed by atoms with Crippen molar-refractivity contribution in [3.8, 4) is 5.75 Å². The number of benzene rings is 1. The summed E-state index contributed by atoms with van der Waals surface area (Å²) in [6.45, 7) is 6.01. The summed E-state index contributed by atoms with van der Waals surface area (Å²) in [7, 11) is 0. The average Bonchev–Trinajstić information content (AvgIpc) is 3.04. The van der Waals surface area contributed by atoms with Crippen LogP contribution in [0.3, 0.4) is 0 Å². The molecule has 2 aromatic rings. The molecular formula is C19H23NO5. The summed E-state index contributed by atoms with van der Waals surface area (Å²) in [5.74, 6) is -0.480. The average molecular weight is 345 g/mol. The van der Waals surface area contributed by atoms with Crippen molar-refractivity contribution in [2.45, 2.75) is 39.7 Å². The predicted octanol–water partition coefficient (Wildman–Crippen LogP) is 3.44. The van der Waals surface area contributed by atoms with Crippen molar-refractivity contribution in [2.24, 2.45) is 0 Å². The smallest absolute Gasteiger partial charge is 0.339 e. The SMILES string of the molecule is CCc1oc(C(=O)NCC(CC)Oc2ccccc2C)cc1C(=O)O. The molecule has 0 radical (unpaired) electrons. The third-order valence-corrected chi connectivity index (χ3v) is 3.92. The van der Waals surface area contributed by atoms with Gasteiger partial charge in [-0.1, -0.05) is 32.0 Å². The first kappa shape index (κ1) is 18.6. The molecule has 0 aliphatic rings. The maximum Gasteiger partial charge on any atom is 0.339 e. The molecule has 0 aliphatic carbocycles. The second-order valence-electron chi connectivity index (χ2n) is 5.73. The van der Waals surface area contributed by atoms with E-state index in [-0.39, 0.29) is 17.4 Å². The van der Waals surface area contributed by atoms with Crippen molar-refractivity contribution in [3.63, 3.8) is 0 Å². The zero-order valence-corrected chi connectivity index (χ0v) is 14.7. The molecule has 0 saturated heterocycles. The van der Waals surface area contributed by atoms with Gasteiger partial charge in [0.05, 0.1) is 6.54 Å². The van der Waals surface area contributed by atoms with E-state index < -0.39 is 11.9 Å². The Morgan fingerprint density at radius 1 is 1.28 bits per heavy atom. The van der Waals surface area contributed by atoms with Gasteiger partial charge in [0.1, 0.15) is 23.2 Å². The summed E-state index contributed by atoms with van der Waals surface area (Å²) in [6, 6.07) is 8.95. The van der Waals surface area contributed by atoms with E-state index >= 15 is 0 Å². The lowest BCUT2D eigenvalue weighted by molar-refractivity contribution is 0.0694. The molecule has 0 aliphatic heterocycles. The minimum absolute atomic E-state index is 0.00000488. The molecule has 1 atom stereocenters. The van der Waals surface area contributed by atoms with Crippen LogP contribution in [0.4, 0.5) is 0 Å². The molecule has 134 valence electrons. The van der Waals surface area contributed by atoms with E-state index in [1.807, 2.05) is 38.1 Å². The van der Waals surface area contributed by atoms with Gasteiger partial charge in [0.15, 0.2) is 5.76 Å². The number of aromatic carboxylic acids is 1. The van der Waals surface area contributed by atoms with Gasteiger partial charge in [0, 0.05) is 12.5 Å². The van der Waals surface area contributed by atoms with Gasteiger partial charge in [-0.15, -0.1) is 0 Å². The summed E-state index contributed by atoms with van der Waals surface area (Å²) in [5.41, 5.74) is 1.05. The third kappa shape index (κ3) is 4.62. The number of hydrogen-bond acceptors (Lipinski definition) is 4. The summed E-state index contributed by atoms with van der Waals surface area (Å²) in [6.07, 6.45) is 0.931. The molecular weight excluding hydrogens is 322 g/mol. The van der Waals surface area contributed by atoms with Crippen LogP contribution in [-0.4, -0.2) is 29.6 Å². The highest BCUT2D eigenvalue weighted by Gasteiger charge is 2.20. The molecule has 0 fully saturated rings. The molecule has 1 aromatic heterocycles. The standard InChI is InChI=1S/C19H23NO5/c1-4-13(24-16-9-7-6-8-12(16)3)11-20-18(21)17-10-14(19(22)23)15(5-2)25-17/h6-10,13H,4-5,11H2,1-3H3,(H,20,21)(H,22,23). The molecule has 6 heteroatoms. The van der Waals surface area contributed by atoms with Gasteiger partial charge < -0.3 is 19.6 Å². The highest BCUT2D eigenvalue weighted by Crippen LogP contribution is 2.19. The molecule has 1 heterocycles. The fourth-order valence-electron chi connectivity index (χ4n) is 2.42. The van der Waals surface area contributed by atoms with Crippen LogP contribution in [0, 0.1) is 6.92 Å². The van der Waals surface area contributed by atoms with Crippen LogP contribution in [-0.2, 0) is 6.42 Å².